The molecule has 116 valence electrons. The molecule has 1 saturated heterocycles. The van der Waals surface area contributed by atoms with E-state index in [0.29, 0.717) is 6.61 Å². The van der Waals surface area contributed by atoms with E-state index in [9.17, 15) is 0 Å². The maximum Gasteiger partial charge on any atom is 0.494 e. The summed E-state index contributed by atoms with van der Waals surface area (Å²) in [5.41, 5.74) is 0.335. The van der Waals surface area contributed by atoms with Crippen LogP contribution in [0.25, 0.3) is 0 Å². The van der Waals surface area contributed by atoms with Crippen molar-refractivity contribution in [2.24, 2.45) is 0 Å². The zero-order valence-corrected chi connectivity index (χ0v) is 13.5. The molecule has 0 saturated carbocycles. The Morgan fingerprint density at radius 2 is 1.59 bits per heavy atom. The van der Waals surface area contributed by atoms with Gasteiger partial charge in [0.25, 0.3) is 0 Å². The minimum atomic E-state index is -0.343. The topological polar surface area (TPSA) is 40.8 Å². The first-order valence-electron chi connectivity index (χ1n) is 7.48. The summed E-state index contributed by atoms with van der Waals surface area (Å²) in [6.07, 6.45) is 1.64. The van der Waals surface area contributed by atoms with Gasteiger partial charge < -0.3 is 18.5 Å². The highest BCUT2D eigenvalue weighted by atomic mass is 16.7. The van der Waals surface area contributed by atoms with Gasteiger partial charge in [-0.2, -0.15) is 0 Å². The Morgan fingerprint density at radius 3 is 2.14 bits per heavy atom. The lowest BCUT2D eigenvalue weighted by Crippen LogP contribution is -2.41. The number of rotatable bonds is 4. The summed E-state index contributed by atoms with van der Waals surface area (Å²) in [5.74, 6) is 1.59. The summed E-state index contributed by atoms with van der Waals surface area (Å²) in [6.45, 7) is 8.62. The largest absolute Gasteiger partial charge is 0.494 e. The molecule has 2 heterocycles. The fourth-order valence-electron chi connectivity index (χ4n) is 2.25. The van der Waals surface area contributed by atoms with E-state index < -0.39 is 0 Å². The minimum absolute atomic E-state index is 0.327. The summed E-state index contributed by atoms with van der Waals surface area (Å²) in [5, 5.41) is 0. The van der Waals surface area contributed by atoms with Crippen LogP contribution in [0.2, 0.25) is 0 Å². The van der Waals surface area contributed by atoms with Crippen molar-refractivity contribution in [3.05, 3.63) is 48.4 Å². The Hall–Kier alpha value is -1.72. The van der Waals surface area contributed by atoms with Crippen molar-refractivity contribution in [2.75, 3.05) is 0 Å². The van der Waals surface area contributed by atoms with Gasteiger partial charge in [-0.25, -0.2) is 0 Å². The lowest BCUT2D eigenvalue weighted by atomic mass is 9.79. The van der Waals surface area contributed by atoms with Crippen LogP contribution in [0, 0.1) is 0 Å². The second kappa shape index (κ2) is 5.49. The van der Waals surface area contributed by atoms with Crippen LogP contribution in [0.5, 0.6) is 5.75 Å². The second-order valence-electron chi connectivity index (χ2n) is 6.53. The third kappa shape index (κ3) is 2.92. The van der Waals surface area contributed by atoms with Crippen molar-refractivity contribution in [1.82, 2.24) is 0 Å². The molecule has 0 bridgehead atoms. The molecule has 2 aromatic rings. The van der Waals surface area contributed by atoms with Gasteiger partial charge in [0.05, 0.1) is 17.5 Å². The number of benzene rings is 1. The Labute approximate surface area is 131 Å². The summed E-state index contributed by atoms with van der Waals surface area (Å²) in [6, 6.07) is 11.5. The summed E-state index contributed by atoms with van der Waals surface area (Å²) in [4.78, 5) is 0. The molecule has 0 unspecified atom stereocenters. The summed E-state index contributed by atoms with van der Waals surface area (Å²) < 4.78 is 23.0. The first-order chi connectivity index (χ1) is 10.4. The fraction of sp³-hybridized carbons (Fsp3) is 0.412. The highest BCUT2D eigenvalue weighted by Crippen LogP contribution is 2.36. The molecule has 4 nitrogen and oxygen atoms in total. The average Bonchev–Trinajstić information content (AvgIpc) is 3.04. The summed E-state index contributed by atoms with van der Waals surface area (Å²) >= 11 is 0. The molecule has 1 aliphatic heterocycles. The standard InChI is InChI=1S/C17H21BO4/c1-16(2)17(3,4)22-18(21-16)13-7-9-14(10-8-13)20-12-15-6-5-11-19-15/h5-11H,12H2,1-4H3. The molecule has 1 aliphatic rings. The van der Waals surface area contributed by atoms with E-state index in [1.165, 1.54) is 0 Å². The van der Waals surface area contributed by atoms with Crippen LogP contribution in [-0.2, 0) is 15.9 Å². The first kappa shape index (κ1) is 15.2. The number of ether oxygens (including phenoxy) is 1. The molecule has 0 atom stereocenters. The second-order valence-corrected chi connectivity index (χ2v) is 6.53. The van der Waals surface area contributed by atoms with E-state index in [-0.39, 0.29) is 18.3 Å². The number of hydrogen-bond acceptors (Lipinski definition) is 4. The molecule has 0 N–H and O–H groups in total. The van der Waals surface area contributed by atoms with Gasteiger partial charge in [0.1, 0.15) is 18.1 Å². The maximum absolute atomic E-state index is 6.03. The molecular formula is C17H21BO4. The Balaban J connectivity index is 1.65. The van der Waals surface area contributed by atoms with Crippen LogP contribution in [0.3, 0.4) is 0 Å². The predicted octanol–water partition coefficient (Wildman–Crippen LogP) is 3.16. The van der Waals surface area contributed by atoms with Crippen LogP contribution in [-0.4, -0.2) is 18.3 Å². The van der Waals surface area contributed by atoms with Crippen LogP contribution in [0.1, 0.15) is 33.5 Å². The van der Waals surface area contributed by atoms with Gasteiger partial charge in [0.15, 0.2) is 0 Å². The molecule has 22 heavy (non-hydrogen) atoms. The molecule has 1 aromatic carbocycles. The zero-order chi connectivity index (χ0) is 15.8. The highest BCUT2D eigenvalue weighted by molar-refractivity contribution is 6.62. The number of furan rings is 1. The predicted molar refractivity (Wildman–Crippen MR) is 85.2 cm³/mol. The van der Waals surface area contributed by atoms with Crippen LogP contribution < -0.4 is 10.2 Å². The van der Waals surface area contributed by atoms with Gasteiger partial charge in [-0.15, -0.1) is 0 Å². The van der Waals surface area contributed by atoms with Gasteiger partial charge in [-0.1, -0.05) is 12.1 Å². The number of hydrogen-bond donors (Lipinski definition) is 0. The third-order valence-electron chi connectivity index (χ3n) is 4.37. The van der Waals surface area contributed by atoms with E-state index in [0.717, 1.165) is 17.0 Å². The molecule has 0 radical (unpaired) electrons. The van der Waals surface area contributed by atoms with Crippen molar-refractivity contribution in [3.63, 3.8) is 0 Å². The molecule has 1 fully saturated rings. The quantitative estimate of drug-likeness (QED) is 0.813. The molecule has 0 spiro atoms. The molecule has 5 heteroatoms. The van der Waals surface area contributed by atoms with Crippen molar-refractivity contribution >= 4 is 12.6 Å². The molecule has 0 amide bonds. The average molecular weight is 300 g/mol. The Morgan fingerprint density at radius 1 is 0.955 bits per heavy atom. The van der Waals surface area contributed by atoms with Gasteiger partial charge in [-0.3, -0.25) is 0 Å². The molecular weight excluding hydrogens is 279 g/mol. The Bertz CT molecular complexity index is 601. The smallest absolute Gasteiger partial charge is 0.486 e. The maximum atomic E-state index is 6.03. The SMILES string of the molecule is CC1(C)OB(c2ccc(OCc3ccco3)cc2)OC1(C)C. The lowest BCUT2D eigenvalue weighted by Gasteiger charge is -2.32. The van der Waals surface area contributed by atoms with E-state index in [4.69, 9.17) is 18.5 Å². The third-order valence-corrected chi connectivity index (χ3v) is 4.37. The van der Waals surface area contributed by atoms with Crippen LogP contribution in [0.15, 0.2) is 47.1 Å². The normalized spacial score (nSPS) is 19.4. The van der Waals surface area contributed by atoms with Crippen molar-refractivity contribution in [1.29, 1.82) is 0 Å². The molecule has 0 aliphatic carbocycles. The first-order valence-corrected chi connectivity index (χ1v) is 7.48. The van der Waals surface area contributed by atoms with Gasteiger partial charge >= 0.3 is 7.12 Å². The van der Waals surface area contributed by atoms with Gasteiger partial charge in [0.2, 0.25) is 0 Å². The molecule has 3 rings (SSSR count). The van der Waals surface area contributed by atoms with Crippen molar-refractivity contribution in [2.45, 2.75) is 45.5 Å². The van der Waals surface area contributed by atoms with Crippen LogP contribution in [0.4, 0.5) is 0 Å². The van der Waals surface area contributed by atoms with E-state index in [2.05, 4.69) is 0 Å². The monoisotopic (exact) mass is 300 g/mol. The lowest BCUT2D eigenvalue weighted by molar-refractivity contribution is 0.00578. The van der Waals surface area contributed by atoms with Crippen molar-refractivity contribution < 1.29 is 18.5 Å². The van der Waals surface area contributed by atoms with E-state index >= 15 is 0 Å². The van der Waals surface area contributed by atoms with E-state index in [1.807, 2.05) is 64.1 Å². The fourth-order valence-corrected chi connectivity index (χ4v) is 2.25. The minimum Gasteiger partial charge on any atom is -0.486 e. The highest BCUT2D eigenvalue weighted by Gasteiger charge is 2.51. The Kier molecular flexibility index (Phi) is 3.79. The van der Waals surface area contributed by atoms with Crippen LogP contribution >= 0.6 is 0 Å². The van der Waals surface area contributed by atoms with Gasteiger partial charge in [0, 0.05) is 0 Å². The van der Waals surface area contributed by atoms with Gasteiger partial charge in [-0.05, 0) is 57.4 Å². The molecule has 1 aromatic heterocycles. The zero-order valence-electron chi connectivity index (χ0n) is 13.5. The summed E-state index contributed by atoms with van der Waals surface area (Å²) in [7, 11) is -0.343. The van der Waals surface area contributed by atoms with E-state index in [1.54, 1.807) is 6.26 Å². The van der Waals surface area contributed by atoms with Crippen molar-refractivity contribution in [3.8, 4) is 5.75 Å².